The first-order valence-electron chi connectivity index (χ1n) is 32.9. The van der Waals surface area contributed by atoms with Crippen molar-refractivity contribution < 1.29 is 24.5 Å². The maximum atomic E-state index is 12.4. The zero-order chi connectivity index (χ0) is 52.2. The Balaban J connectivity index is 3.30. The minimum Gasteiger partial charge on any atom is -0.466 e. The lowest BCUT2D eigenvalue weighted by molar-refractivity contribution is -0.143. The smallest absolute Gasteiger partial charge is 0.305 e. The number of hydrogen-bond donors (Lipinski definition) is 3. The lowest BCUT2D eigenvalue weighted by Crippen LogP contribution is -2.45. The second-order valence-corrected chi connectivity index (χ2v) is 22.8. The molecule has 0 bridgehead atoms. The molecule has 1 amide bonds. The van der Waals surface area contributed by atoms with Gasteiger partial charge in [-0.1, -0.05) is 321 Å². The number of carbonyl (C=O) groups excluding carboxylic acids is 2. The summed E-state index contributed by atoms with van der Waals surface area (Å²) in [5, 5.41) is 23.2. The Bertz CT molecular complexity index is 1080. The van der Waals surface area contributed by atoms with Gasteiger partial charge in [0.2, 0.25) is 5.91 Å². The molecule has 0 saturated heterocycles. The summed E-state index contributed by atoms with van der Waals surface area (Å²) in [7, 11) is 0. The average Bonchev–Trinajstić information content (AvgIpc) is 3.38. The van der Waals surface area contributed by atoms with E-state index in [0.29, 0.717) is 25.9 Å². The van der Waals surface area contributed by atoms with Gasteiger partial charge >= 0.3 is 5.97 Å². The summed E-state index contributed by atoms with van der Waals surface area (Å²) in [6.45, 7) is 4.96. The molecule has 0 radical (unpaired) electrons. The van der Waals surface area contributed by atoms with Crippen LogP contribution in [-0.4, -0.2) is 47.4 Å². The lowest BCUT2D eigenvalue weighted by atomic mass is 10.0. The first-order chi connectivity index (χ1) is 35.5. The third kappa shape index (κ3) is 57.9. The number of hydrogen-bond acceptors (Lipinski definition) is 5. The van der Waals surface area contributed by atoms with Gasteiger partial charge in [0, 0.05) is 12.8 Å². The van der Waals surface area contributed by atoms with E-state index in [0.717, 1.165) is 44.9 Å². The number of esters is 1. The summed E-state index contributed by atoms with van der Waals surface area (Å²) in [6.07, 6.45) is 75.4. The van der Waals surface area contributed by atoms with Crippen LogP contribution >= 0.6 is 0 Å². The molecule has 0 aliphatic carbocycles. The maximum Gasteiger partial charge on any atom is 0.305 e. The molecule has 0 aliphatic heterocycles. The van der Waals surface area contributed by atoms with Crippen molar-refractivity contribution in [3.05, 3.63) is 12.2 Å². The van der Waals surface area contributed by atoms with E-state index < -0.39 is 12.1 Å². The molecule has 0 fully saturated rings. The zero-order valence-corrected chi connectivity index (χ0v) is 48.9. The molecule has 2 atom stereocenters. The van der Waals surface area contributed by atoms with E-state index >= 15 is 0 Å². The SMILES string of the molecule is CCCCCCCC/C=C\CCCCCCCCCC(=O)OCCCCCCCCCCCCCCCCCCCCCCCCCCCCCCC(=O)NC(CO)C(O)CCCCCCCCCCCC. The van der Waals surface area contributed by atoms with Gasteiger partial charge in [-0.05, 0) is 51.4 Å². The molecule has 0 saturated carbocycles. The second-order valence-electron chi connectivity index (χ2n) is 22.8. The summed E-state index contributed by atoms with van der Waals surface area (Å²) in [6, 6.07) is -0.536. The molecular weight excluding hydrogens is 887 g/mol. The van der Waals surface area contributed by atoms with Crippen LogP contribution < -0.4 is 5.32 Å². The van der Waals surface area contributed by atoms with Crippen molar-refractivity contribution in [2.45, 2.75) is 386 Å². The van der Waals surface area contributed by atoms with Crippen LogP contribution in [0.4, 0.5) is 0 Å². The third-order valence-corrected chi connectivity index (χ3v) is 15.6. The first kappa shape index (κ1) is 70.6. The predicted octanol–water partition coefficient (Wildman–Crippen LogP) is 20.8. The molecule has 0 rings (SSSR count). The Morgan fingerprint density at radius 1 is 0.375 bits per heavy atom. The van der Waals surface area contributed by atoms with Crippen molar-refractivity contribution in [1.29, 1.82) is 0 Å². The molecule has 0 aromatic heterocycles. The summed E-state index contributed by atoms with van der Waals surface area (Å²) < 4.78 is 5.50. The Morgan fingerprint density at radius 3 is 0.986 bits per heavy atom. The van der Waals surface area contributed by atoms with Crippen LogP contribution in [0.2, 0.25) is 0 Å². The van der Waals surface area contributed by atoms with Crippen LogP contribution in [0.3, 0.4) is 0 Å². The number of rotatable bonds is 62. The molecule has 0 aliphatic rings. The maximum absolute atomic E-state index is 12.4. The quantitative estimate of drug-likeness (QED) is 0.0320. The minimum absolute atomic E-state index is 0.0161. The van der Waals surface area contributed by atoms with Gasteiger partial charge in [0.05, 0.1) is 25.4 Å². The number of amides is 1. The third-order valence-electron chi connectivity index (χ3n) is 15.6. The van der Waals surface area contributed by atoms with E-state index in [1.165, 1.54) is 295 Å². The number of carbonyl (C=O) groups is 2. The second kappa shape index (κ2) is 62.1. The van der Waals surface area contributed by atoms with Crippen molar-refractivity contribution in [3.63, 3.8) is 0 Å². The van der Waals surface area contributed by atoms with Crippen LogP contribution in [-0.2, 0) is 14.3 Å². The van der Waals surface area contributed by atoms with E-state index in [9.17, 15) is 19.8 Å². The van der Waals surface area contributed by atoms with Crippen molar-refractivity contribution >= 4 is 11.9 Å². The van der Waals surface area contributed by atoms with Gasteiger partial charge in [0.25, 0.3) is 0 Å². The number of ether oxygens (including phenoxy) is 1. The Morgan fingerprint density at radius 2 is 0.653 bits per heavy atom. The standard InChI is InChI=1S/C66H129NO5/c1-3-5-7-9-11-13-15-16-17-30-34-37-40-44-48-52-56-60-66(71)72-61-57-53-49-45-41-38-35-32-29-27-25-23-21-19-18-20-22-24-26-28-31-33-36-39-43-47-51-55-59-65(70)67-63(62-68)64(69)58-54-50-46-42-14-12-10-8-6-4-2/h16-17,63-64,68-69H,3-15,18-62H2,1-2H3,(H,67,70)/b17-16-. The normalized spacial score (nSPS) is 12.6. The van der Waals surface area contributed by atoms with E-state index in [2.05, 4.69) is 31.3 Å². The number of aliphatic hydroxyl groups excluding tert-OH is 2. The van der Waals surface area contributed by atoms with Crippen LogP contribution in [0, 0.1) is 0 Å². The van der Waals surface area contributed by atoms with E-state index in [4.69, 9.17) is 4.74 Å². The summed E-state index contributed by atoms with van der Waals surface area (Å²) in [4.78, 5) is 24.5. The molecule has 0 heterocycles. The number of allylic oxidation sites excluding steroid dienone is 2. The average molecular weight is 1020 g/mol. The molecule has 6 heteroatoms. The van der Waals surface area contributed by atoms with Crippen LogP contribution in [0.1, 0.15) is 373 Å². The van der Waals surface area contributed by atoms with Crippen molar-refractivity contribution in [2.24, 2.45) is 0 Å². The summed E-state index contributed by atoms with van der Waals surface area (Å²) >= 11 is 0. The molecule has 428 valence electrons. The van der Waals surface area contributed by atoms with Gasteiger partial charge in [-0.2, -0.15) is 0 Å². The highest BCUT2D eigenvalue weighted by atomic mass is 16.5. The van der Waals surface area contributed by atoms with Crippen LogP contribution in [0.5, 0.6) is 0 Å². The van der Waals surface area contributed by atoms with Gasteiger partial charge in [0.1, 0.15) is 0 Å². The Labute approximate surface area is 450 Å². The fourth-order valence-electron chi connectivity index (χ4n) is 10.5. The molecule has 3 N–H and O–H groups in total. The van der Waals surface area contributed by atoms with Gasteiger partial charge in [-0.3, -0.25) is 9.59 Å². The molecule has 0 spiro atoms. The fraction of sp³-hybridized carbons (Fsp3) is 0.939. The number of unbranched alkanes of at least 4 members (excludes halogenated alkanes) is 49. The van der Waals surface area contributed by atoms with Crippen molar-refractivity contribution in [2.75, 3.05) is 13.2 Å². The van der Waals surface area contributed by atoms with E-state index in [1.807, 2.05) is 0 Å². The largest absolute Gasteiger partial charge is 0.466 e. The van der Waals surface area contributed by atoms with Crippen LogP contribution in [0.15, 0.2) is 12.2 Å². The monoisotopic (exact) mass is 1020 g/mol. The highest BCUT2D eigenvalue weighted by Crippen LogP contribution is 2.19. The minimum atomic E-state index is -0.659. The molecule has 72 heavy (non-hydrogen) atoms. The lowest BCUT2D eigenvalue weighted by Gasteiger charge is -2.22. The summed E-state index contributed by atoms with van der Waals surface area (Å²) in [5.74, 6) is -0.0156. The topological polar surface area (TPSA) is 95.9 Å². The van der Waals surface area contributed by atoms with Gasteiger partial charge < -0.3 is 20.3 Å². The Kier molecular flexibility index (Phi) is 60.9. The first-order valence-corrected chi connectivity index (χ1v) is 32.9. The fourth-order valence-corrected chi connectivity index (χ4v) is 10.5. The number of aliphatic hydroxyl groups is 2. The van der Waals surface area contributed by atoms with Gasteiger partial charge in [0.15, 0.2) is 0 Å². The van der Waals surface area contributed by atoms with Crippen LogP contribution in [0.25, 0.3) is 0 Å². The molecule has 0 aromatic rings. The van der Waals surface area contributed by atoms with E-state index in [1.54, 1.807) is 0 Å². The van der Waals surface area contributed by atoms with E-state index in [-0.39, 0.29) is 18.5 Å². The molecule has 2 unspecified atom stereocenters. The van der Waals surface area contributed by atoms with Crippen molar-refractivity contribution in [1.82, 2.24) is 5.32 Å². The molecule has 0 aromatic carbocycles. The molecular formula is C66H129NO5. The summed E-state index contributed by atoms with van der Waals surface area (Å²) in [5.41, 5.74) is 0. The van der Waals surface area contributed by atoms with Gasteiger partial charge in [-0.15, -0.1) is 0 Å². The highest BCUT2D eigenvalue weighted by molar-refractivity contribution is 5.76. The highest BCUT2D eigenvalue weighted by Gasteiger charge is 2.20. The zero-order valence-electron chi connectivity index (χ0n) is 48.9. The molecule has 6 nitrogen and oxygen atoms in total. The predicted molar refractivity (Wildman–Crippen MR) is 315 cm³/mol. The van der Waals surface area contributed by atoms with Crippen molar-refractivity contribution in [3.8, 4) is 0 Å². The number of nitrogens with one attached hydrogen (secondary N) is 1. The Hall–Kier alpha value is -1.40. The van der Waals surface area contributed by atoms with Gasteiger partial charge in [-0.25, -0.2) is 0 Å².